The summed E-state index contributed by atoms with van der Waals surface area (Å²) in [5.74, 6) is -0.293. The van der Waals surface area contributed by atoms with Crippen LogP contribution < -0.4 is 5.43 Å². The molecule has 12 heteroatoms. The van der Waals surface area contributed by atoms with Crippen molar-refractivity contribution in [2.45, 2.75) is 37.8 Å². The molecule has 0 aromatic rings. The first-order chi connectivity index (χ1) is 12.3. The Balaban J connectivity index is 1.54. The van der Waals surface area contributed by atoms with Crippen LogP contribution in [-0.2, 0) is 24.2 Å². The van der Waals surface area contributed by atoms with Crippen LogP contribution in [-0.4, -0.2) is 84.8 Å². The van der Waals surface area contributed by atoms with Gasteiger partial charge in [-0.2, -0.15) is 13.5 Å². The molecule has 4 heterocycles. The van der Waals surface area contributed by atoms with Gasteiger partial charge in [-0.1, -0.05) is 6.42 Å². The maximum Gasteiger partial charge on any atom is 0.418 e. The van der Waals surface area contributed by atoms with E-state index < -0.39 is 33.9 Å². The van der Waals surface area contributed by atoms with Crippen LogP contribution in [0.5, 0.6) is 0 Å². The molecule has 0 aliphatic carbocycles. The fraction of sp³-hybridized carbons (Fsp3) is 0.857. The van der Waals surface area contributed by atoms with E-state index in [1.807, 2.05) is 5.01 Å². The Morgan fingerprint density at radius 2 is 1.96 bits per heavy atom. The van der Waals surface area contributed by atoms with E-state index in [1.54, 1.807) is 0 Å². The fourth-order valence-corrected chi connectivity index (χ4v) is 4.63. The molecule has 26 heavy (non-hydrogen) atoms. The Morgan fingerprint density at radius 3 is 2.54 bits per heavy atom. The van der Waals surface area contributed by atoms with E-state index in [0.29, 0.717) is 24.7 Å². The summed E-state index contributed by atoms with van der Waals surface area (Å²) in [5.41, 5.74) is 2.32. The Labute approximate surface area is 151 Å². The molecule has 2 atom stereocenters. The number of carbonyl (C=O) groups excluding carboxylic acids is 2. The predicted molar refractivity (Wildman–Crippen MR) is 85.6 cm³/mol. The highest BCUT2D eigenvalue weighted by Crippen LogP contribution is 2.47. The molecule has 0 unspecified atom stereocenters. The second-order valence-electron chi connectivity index (χ2n) is 7.38. The molecule has 11 nitrogen and oxygen atoms in total. The minimum absolute atomic E-state index is 0.149. The standard InChI is InChI=1S/C14H22N4O7S/c19-12(15-16-4-2-1-3-5-16)10-6-14(8-24-9-14)11-7-17(10)13(20)18(11)25-26(21,22)23/h10-11H,1-9H2,(H,15,19)(H,21,22,23)/t10-,11-/m0/s1. The van der Waals surface area contributed by atoms with Crippen LogP contribution in [0.1, 0.15) is 25.7 Å². The first-order valence-electron chi connectivity index (χ1n) is 8.69. The molecule has 0 aromatic heterocycles. The Kier molecular flexibility index (Phi) is 4.34. The Bertz CT molecular complexity index is 704. The van der Waals surface area contributed by atoms with E-state index in [2.05, 4.69) is 9.71 Å². The number of carbonyl (C=O) groups is 2. The third-order valence-electron chi connectivity index (χ3n) is 5.65. The molecule has 2 bridgehead atoms. The van der Waals surface area contributed by atoms with Crippen molar-refractivity contribution in [1.82, 2.24) is 20.4 Å². The third-order valence-corrected chi connectivity index (χ3v) is 6.00. The van der Waals surface area contributed by atoms with Crippen LogP contribution in [0.15, 0.2) is 0 Å². The van der Waals surface area contributed by atoms with Crippen molar-refractivity contribution in [2.24, 2.45) is 5.41 Å². The highest BCUT2D eigenvalue weighted by atomic mass is 32.3. The Hall–Kier alpha value is -1.47. The Morgan fingerprint density at radius 1 is 1.27 bits per heavy atom. The number of hydroxylamine groups is 2. The number of hydrazine groups is 1. The zero-order chi connectivity index (χ0) is 18.5. The van der Waals surface area contributed by atoms with Gasteiger partial charge < -0.3 is 9.64 Å². The van der Waals surface area contributed by atoms with Crippen LogP contribution >= 0.6 is 0 Å². The second kappa shape index (κ2) is 6.30. The SMILES string of the molecule is O=C(NN1CCCCC1)[C@@H]1CC2(COC2)[C@@H]2CN1C(=O)N2OS(=O)(=O)O. The van der Waals surface area contributed by atoms with Crippen molar-refractivity contribution in [3.05, 3.63) is 0 Å². The second-order valence-corrected chi connectivity index (χ2v) is 8.38. The number of hydrogen-bond acceptors (Lipinski definition) is 7. The van der Waals surface area contributed by atoms with Gasteiger partial charge >= 0.3 is 16.4 Å². The van der Waals surface area contributed by atoms with Gasteiger partial charge in [0.15, 0.2) is 0 Å². The van der Waals surface area contributed by atoms with Crippen molar-refractivity contribution in [3.8, 4) is 0 Å². The summed E-state index contributed by atoms with van der Waals surface area (Å²) in [4.78, 5) is 26.7. The number of nitrogens with zero attached hydrogens (tertiary/aromatic N) is 3. The molecule has 4 fully saturated rings. The summed E-state index contributed by atoms with van der Waals surface area (Å²) in [6.45, 7) is 2.29. The summed E-state index contributed by atoms with van der Waals surface area (Å²) in [7, 11) is -4.85. The van der Waals surface area contributed by atoms with E-state index in [1.165, 1.54) is 4.90 Å². The minimum atomic E-state index is -4.85. The average Bonchev–Trinajstić information content (AvgIpc) is 2.80. The topological polar surface area (TPSA) is 129 Å². The van der Waals surface area contributed by atoms with Crippen molar-refractivity contribution < 1.29 is 31.6 Å². The molecular formula is C14H22N4O7S. The molecule has 0 radical (unpaired) electrons. The lowest BCUT2D eigenvalue weighted by atomic mass is 9.71. The molecule has 4 aliphatic rings. The lowest BCUT2D eigenvalue weighted by Crippen LogP contribution is -2.64. The number of fused-ring (bicyclic) bond motifs is 3. The monoisotopic (exact) mass is 390 g/mol. The summed E-state index contributed by atoms with van der Waals surface area (Å²) >= 11 is 0. The molecule has 3 amide bonds. The zero-order valence-electron chi connectivity index (χ0n) is 14.2. The number of ether oxygens (including phenoxy) is 1. The minimum Gasteiger partial charge on any atom is -0.380 e. The first kappa shape index (κ1) is 17.9. The zero-order valence-corrected chi connectivity index (χ0v) is 15.0. The van der Waals surface area contributed by atoms with Gasteiger partial charge in [-0.3, -0.25) is 14.8 Å². The van der Waals surface area contributed by atoms with E-state index in [0.717, 1.165) is 32.4 Å². The van der Waals surface area contributed by atoms with Gasteiger partial charge in [0.05, 0.1) is 19.3 Å². The van der Waals surface area contributed by atoms with Gasteiger partial charge in [-0.05, 0) is 19.3 Å². The first-order valence-corrected chi connectivity index (χ1v) is 10.1. The van der Waals surface area contributed by atoms with E-state index in [-0.39, 0.29) is 12.5 Å². The smallest absolute Gasteiger partial charge is 0.380 e. The lowest BCUT2D eigenvalue weighted by Gasteiger charge is -2.50. The van der Waals surface area contributed by atoms with Crippen LogP contribution in [0, 0.1) is 5.41 Å². The highest BCUT2D eigenvalue weighted by molar-refractivity contribution is 7.80. The number of rotatable bonds is 4. The van der Waals surface area contributed by atoms with Crippen LogP contribution in [0.25, 0.3) is 0 Å². The summed E-state index contributed by atoms with van der Waals surface area (Å²) in [6, 6.07) is -2.07. The number of hydrogen-bond donors (Lipinski definition) is 2. The van der Waals surface area contributed by atoms with Gasteiger partial charge in [0.2, 0.25) is 0 Å². The van der Waals surface area contributed by atoms with E-state index >= 15 is 0 Å². The predicted octanol–water partition coefficient (Wildman–Crippen LogP) is -0.867. The normalized spacial score (nSPS) is 31.2. The highest BCUT2D eigenvalue weighted by Gasteiger charge is 2.63. The third kappa shape index (κ3) is 3.05. The number of urea groups is 1. The van der Waals surface area contributed by atoms with E-state index in [4.69, 9.17) is 9.29 Å². The van der Waals surface area contributed by atoms with Crippen LogP contribution in [0.3, 0.4) is 0 Å². The molecule has 4 aliphatic heterocycles. The van der Waals surface area contributed by atoms with Crippen LogP contribution in [0.4, 0.5) is 4.79 Å². The maximum absolute atomic E-state index is 12.8. The number of amides is 3. The summed E-state index contributed by atoms with van der Waals surface area (Å²) in [5, 5.41) is 2.53. The maximum atomic E-state index is 12.8. The average molecular weight is 390 g/mol. The lowest BCUT2D eigenvalue weighted by molar-refractivity contribution is -0.193. The molecule has 146 valence electrons. The van der Waals surface area contributed by atoms with Gasteiger partial charge in [-0.15, -0.1) is 4.28 Å². The van der Waals surface area contributed by atoms with E-state index in [9.17, 15) is 18.0 Å². The van der Waals surface area contributed by atoms with Gasteiger partial charge in [0, 0.05) is 25.0 Å². The van der Waals surface area contributed by atoms with Crippen LogP contribution in [0.2, 0.25) is 0 Å². The summed E-state index contributed by atoms with van der Waals surface area (Å²) in [6.07, 6.45) is 3.49. The fourth-order valence-electron chi connectivity index (χ4n) is 4.26. The quantitative estimate of drug-likeness (QED) is 0.593. The molecular weight excluding hydrogens is 368 g/mol. The van der Waals surface area contributed by atoms with Gasteiger partial charge in [0.25, 0.3) is 5.91 Å². The molecule has 1 spiro atoms. The number of nitrogens with one attached hydrogen (secondary N) is 1. The molecule has 0 aromatic carbocycles. The largest absolute Gasteiger partial charge is 0.418 e. The molecule has 4 rings (SSSR count). The molecule has 4 saturated heterocycles. The van der Waals surface area contributed by atoms with Crippen molar-refractivity contribution in [2.75, 3.05) is 32.8 Å². The summed E-state index contributed by atoms with van der Waals surface area (Å²) < 4.78 is 41.0. The molecule has 2 N–H and O–H groups in total. The van der Waals surface area contributed by atoms with Crippen molar-refractivity contribution in [1.29, 1.82) is 0 Å². The van der Waals surface area contributed by atoms with Crippen molar-refractivity contribution in [3.63, 3.8) is 0 Å². The number of piperidine rings is 2. The van der Waals surface area contributed by atoms with Gasteiger partial charge in [0.1, 0.15) is 6.04 Å². The van der Waals surface area contributed by atoms with Crippen molar-refractivity contribution >= 4 is 22.3 Å². The molecule has 0 saturated carbocycles. The van der Waals surface area contributed by atoms with Gasteiger partial charge in [-0.25, -0.2) is 9.80 Å².